The summed E-state index contributed by atoms with van der Waals surface area (Å²) in [4.78, 5) is 21.6. The first kappa shape index (κ1) is 21.4. The van der Waals surface area contributed by atoms with Crippen molar-refractivity contribution in [1.82, 2.24) is 4.90 Å². The van der Waals surface area contributed by atoms with E-state index in [1.807, 2.05) is 12.1 Å². The lowest BCUT2D eigenvalue weighted by molar-refractivity contribution is -0.136. The van der Waals surface area contributed by atoms with Crippen LogP contribution in [0.5, 0.6) is 5.75 Å². The van der Waals surface area contributed by atoms with Crippen LogP contribution in [-0.2, 0) is 20.7 Å². The molecule has 7 heteroatoms. The number of carboxylic acid groups (broad SMARTS) is 2. The zero-order chi connectivity index (χ0) is 20.5. The Morgan fingerprint density at radius 2 is 1.79 bits per heavy atom. The Morgan fingerprint density at radius 3 is 2.36 bits per heavy atom. The van der Waals surface area contributed by atoms with Gasteiger partial charge >= 0.3 is 5.97 Å². The number of morpholine rings is 1. The zero-order valence-electron chi connectivity index (χ0n) is 15.7. The van der Waals surface area contributed by atoms with Crippen molar-refractivity contribution < 1.29 is 29.6 Å². The first-order valence-electron chi connectivity index (χ1n) is 9.00. The Morgan fingerprint density at radius 1 is 1.18 bits per heavy atom. The van der Waals surface area contributed by atoms with Crippen molar-refractivity contribution >= 4 is 12.4 Å². The summed E-state index contributed by atoms with van der Waals surface area (Å²) >= 11 is 0. The molecule has 1 aliphatic rings. The summed E-state index contributed by atoms with van der Waals surface area (Å²) < 4.78 is 5.40. The quantitative estimate of drug-likeness (QED) is 0.677. The Balaban J connectivity index is 0.000000878. The van der Waals surface area contributed by atoms with E-state index in [0.29, 0.717) is 17.2 Å². The molecular formula is C21H25NO6. The average Bonchev–Trinajstić information content (AvgIpc) is 2.70. The van der Waals surface area contributed by atoms with Gasteiger partial charge in [0.1, 0.15) is 5.75 Å². The summed E-state index contributed by atoms with van der Waals surface area (Å²) in [5, 5.41) is 26.0. The number of phenolic OH excluding ortho intramolecular Hbond substituents is 1. The molecule has 150 valence electrons. The SMILES string of the molecule is CC(c1ccc(-c2cc(CC(=O)O)ccc2O)cc1)N1CCOCC1.O=CO. The third-order valence-electron chi connectivity index (χ3n) is 4.71. The van der Waals surface area contributed by atoms with E-state index in [0.717, 1.165) is 31.9 Å². The number of phenols is 1. The fraction of sp³-hybridized carbons (Fsp3) is 0.333. The lowest BCUT2D eigenvalue weighted by atomic mass is 9.98. The van der Waals surface area contributed by atoms with Crippen molar-refractivity contribution in [3.8, 4) is 16.9 Å². The highest BCUT2D eigenvalue weighted by molar-refractivity contribution is 5.75. The van der Waals surface area contributed by atoms with Gasteiger partial charge in [-0.2, -0.15) is 0 Å². The van der Waals surface area contributed by atoms with E-state index in [2.05, 4.69) is 24.0 Å². The highest BCUT2D eigenvalue weighted by Gasteiger charge is 2.18. The standard InChI is InChI=1S/C20H23NO4.CH2O2/c1-14(21-8-10-25-11-9-21)16-3-5-17(6-4-16)18-12-15(13-20(23)24)2-7-19(18)22;2-1-3/h2-7,12,14,22H,8-11,13H2,1H3,(H,23,24);1H,(H,2,3). The maximum Gasteiger partial charge on any atom is 0.307 e. The molecule has 1 saturated heterocycles. The van der Waals surface area contributed by atoms with Crippen LogP contribution in [0.15, 0.2) is 42.5 Å². The second kappa shape index (κ2) is 10.4. The second-order valence-electron chi connectivity index (χ2n) is 6.47. The van der Waals surface area contributed by atoms with E-state index < -0.39 is 5.97 Å². The minimum absolute atomic E-state index is 0.0561. The molecule has 0 spiro atoms. The fourth-order valence-electron chi connectivity index (χ4n) is 3.22. The van der Waals surface area contributed by atoms with Crippen LogP contribution in [0, 0.1) is 0 Å². The fourth-order valence-corrected chi connectivity index (χ4v) is 3.22. The summed E-state index contributed by atoms with van der Waals surface area (Å²) in [7, 11) is 0. The second-order valence-corrected chi connectivity index (χ2v) is 6.47. The number of aliphatic carboxylic acids is 1. The summed E-state index contributed by atoms with van der Waals surface area (Å²) in [6.45, 7) is 5.34. The zero-order valence-corrected chi connectivity index (χ0v) is 15.7. The molecule has 3 rings (SSSR count). The number of carbonyl (C=O) groups is 2. The van der Waals surface area contributed by atoms with Gasteiger partial charge in [-0.3, -0.25) is 14.5 Å². The van der Waals surface area contributed by atoms with Crippen LogP contribution < -0.4 is 0 Å². The number of nitrogens with zero attached hydrogens (tertiary/aromatic N) is 1. The van der Waals surface area contributed by atoms with Gasteiger partial charge in [-0.05, 0) is 35.7 Å². The van der Waals surface area contributed by atoms with Gasteiger partial charge in [-0.1, -0.05) is 30.3 Å². The summed E-state index contributed by atoms with van der Waals surface area (Å²) in [5.41, 5.74) is 3.42. The Bertz CT molecular complexity index is 784. The number of aromatic hydroxyl groups is 1. The van der Waals surface area contributed by atoms with Gasteiger partial charge in [0.2, 0.25) is 0 Å². The van der Waals surface area contributed by atoms with Crippen LogP contribution in [0.3, 0.4) is 0 Å². The Kier molecular flexibility index (Phi) is 7.98. The van der Waals surface area contributed by atoms with Crippen molar-refractivity contribution in [3.05, 3.63) is 53.6 Å². The third-order valence-corrected chi connectivity index (χ3v) is 4.71. The van der Waals surface area contributed by atoms with Gasteiger partial charge in [0, 0.05) is 24.7 Å². The lowest BCUT2D eigenvalue weighted by Gasteiger charge is -2.32. The Hall–Kier alpha value is -2.90. The van der Waals surface area contributed by atoms with Crippen LogP contribution in [0.1, 0.15) is 24.1 Å². The molecule has 1 unspecified atom stereocenters. The van der Waals surface area contributed by atoms with Gasteiger partial charge in [-0.15, -0.1) is 0 Å². The van der Waals surface area contributed by atoms with Crippen molar-refractivity contribution in [2.24, 2.45) is 0 Å². The first-order valence-corrected chi connectivity index (χ1v) is 9.00. The topological polar surface area (TPSA) is 107 Å². The number of hydrogen-bond donors (Lipinski definition) is 3. The molecule has 2 aromatic rings. The summed E-state index contributed by atoms with van der Waals surface area (Å²) in [6, 6.07) is 13.3. The molecule has 2 aromatic carbocycles. The molecule has 0 aliphatic carbocycles. The van der Waals surface area contributed by atoms with E-state index in [9.17, 15) is 9.90 Å². The molecule has 28 heavy (non-hydrogen) atoms. The monoisotopic (exact) mass is 387 g/mol. The van der Waals surface area contributed by atoms with Crippen molar-refractivity contribution in [1.29, 1.82) is 0 Å². The number of carboxylic acids is 1. The maximum atomic E-state index is 10.9. The number of benzene rings is 2. The number of hydrogen-bond acceptors (Lipinski definition) is 5. The highest BCUT2D eigenvalue weighted by atomic mass is 16.5. The van der Waals surface area contributed by atoms with Crippen LogP contribution in [0.25, 0.3) is 11.1 Å². The molecule has 1 atom stereocenters. The number of ether oxygens (including phenoxy) is 1. The molecule has 0 amide bonds. The van der Waals surface area contributed by atoms with Crippen molar-refractivity contribution in [2.45, 2.75) is 19.4 Å². The largest absolute Gasteiger partial charge is 0.507 e. The Labute approximate surface area is 163 Å². The molecule has 7 nitrogen and oxygen atoms in total. The van der Waals surface area contributed by atoms with Gasteiger partial charge in [0.05, 0.1) is 19.6 Å². The molecule has 0 aromatic heterocycles. The summed E-state index contributed by atoms with van der Waals surface area (Å²) in [5.74, 6) is -0.727. The molecule has 0 radical (unpaired) electrons. The molecule has 0 saturated carbocycles. The minimum Gasteiger partial charge on any atom is -0.507 e. The van der Waals surface area contributed by atoms with Gasteiger partial charge < -0.3 is 20.1 Å². The molecule has 1 heterocycles. The van der Waals surface area contributed by atoms with E-state index in [1.54, 1.807) is 18.2 Å². The highest BCUT2D eigenvalue weighted by Crippen LogP contribution is 2.32. The maximum absolute atomic E-state index is 10.9. The minimum atomic E-state index is -0.883. The van der Waals surface area contributed by atoms with E-state index in [-0.39, 0.29) is 18.6 Å². The van der Waals surface area contributed by atoms with Crippen LogP contribution in [-0.4, -0.2) is 59.0 Å². The average molecular weight is 387 g/mol. The molecule has 1 aliphatic heterocycles. The number of rotatable bonds is 5. The smallest absolute Gasteiger partial charge is 0.307 e. The third kappa shape index (κ3) is 5.80. The van der Waals surface area contributed by atoms with Gasteiger partial charge in [-0.25, -0.2) is 0 Å². The van der Waals surface area contributed by atoms with Gasteiger partial charge in [0.25, 0.3) is 6.47 Å². The van der Waals surface area contributed by atoms with E-state index in [1.165, 1.54) is 5.56 Å². The van der Waals surface area contributed by atoms with Crippen molar-refractivity contribution in [2.75, 3.05) is 26.3 Å². The molecular weight excluding hydrogens is 362 g/mol. The predicted molar refractivity (Wildman–Crippen MR) is 104 cm³/mol. The van der Waals surface area contributed by atoms with Crippen LogP contribution in [0.2, 0.25) is 0 Å². The van der Waals surface area contributed by atoms with E-state index >= 15 is 0 Å². The van der Waals surface area contributed by atoms with E-state index in [4.69, 9.17) is 19.7 Å². The molecule has 0 bridgehead atoms. The van der Waals surface area contributed by atoms with Crippen LogP contribution in [0.4, 0.5) is 0 Å². The normalized spacial score (nSPS) is 15.2. The summed E-state index contributed by atoms with van der Waals surface area (Å²) in [6.07, 6.45) is -0.0561. The van der Waals surface area contributed by atoms with Gasteiger partial charge in [0.15, 0.2) is 0 Å². The molecule has 3 N–H and O–H groups in total. The molecule has 1 fully saturated rings. The lowest BCUT2D eigenvalue weighted by Crippen LogP contribution is -2.37. The predicted octanol–water partition coefficient (Wildman–Crippen LogP) is 2.78. The first-order chi connectivity index (χ1) is 13.5. The van der Waals surface area contributed by atoms with Crippen molar-refractivity contribution in [3.63, 3.8) is 0 Å². The van der Waals surface area contributed by atoms with Crippen LogP contribution >= 0.6 is 0 Å².